The second kappa shape index (κ2) is 5.16. The number of primary sulfonamides is 1. The van der Waals surface area contributed by atoms with E-state index < -0.39 is 21.8 Å². The Bertz CT molecular complexity index is 979. The van der Waals surface area contributed by atoms with E-state index in [1.807, 2.05) is 0 Å². The lowest BCUT2D eigenvalue weighted by Gasteiger charge is -2.08. The minimum Gasteiger partial charge on any atom is -0.223 e. The lowest BCUT2D eigenvalue weighted by Crippen LogP contribution is -2.12. The summed E-state index contributed by atoms with van der Waals surface area (Å²) in [5, 5.41) is 8.76. The van der Waals surface area contributed by atoms with Crippen LogP contribution in [0.3, 0.4) is 0 Å². The number of halogens is 4. The molecule has 2 aromatic heterocycles. The zero-order valence-corrected chi connectivity index (χ0v) is 13.3. The number of hydrogen-bond acceptors (Lipinski definition) is 5. The van der Waals surface area contributed by atoms with Crippen molar-refractivity contribution >= 4 is 37.9 Å². The number of benzene rings is 1. The molecule has 23 heavy (non-hydrogen) atoms. The standard InChI is InChI=1S/C11H6ClF3N4O2S2/c12-7-2-1-5(11(13,14)15)3-6(7)8-4-19-9(17-8)22-10(18-19)23(16,20)21/h1-4H,(H2,16,20,21). The first-order valence-electron chi connectivity index (χ1n) is 5.82. The number of alkyl halides is 3. The maximum Gasteiger partial charge on any atom is 0.416 e. The van der Waals surface area contributed by atoms with Crippen LogP contribution >= 0.6 is 22.9 Å². The molecule has 3 rings (SSSR count). The Hall–Kier alpha value is -1.69. The van der Waals surface area contributed by atoms with Gasteiger partial charge < -0.3 is 0 Å². The Morgan fingerprint density at radius 2 is 2.00 bits per heavy atom. The lowest BCUT2D eigenvalue weighted by atomic mass is 10.1. The highest BCUT2D eigenvalue weighted by Gasteiger charge is 2.31. The van der Waals surface area contributed by atoms with Crippen LogP contribution in [0.2, 0.25) is 5.02 Å². The summed E-state index contributed by atoms with van der Waals surface area (Å²) < 4.78 is 61.5. The van der Waals surface area contributed by atoms with Crippen LogP contribution < -0.4 is 5.14 Å². The van der Waals surface area contributed by atoms with Gasteiger partial charge >= 0.3 is 6.18 Å². The Morgan fingerprint density at radius 3 is 2.57 bits per heavy atom. The summed E-state index contributed by atoms with van der Waals surface area (Å²) in [4.78, 5) is 4.21. The SMILES string of the molecule is NS(=O)(=O)c1nn2cc(-c3cc(C(F)(F)F)ccc3Cl)nc2s1. The van der Waals surface area contributed by atoms with Gasteiger partial charge in [-0.25, -0.2) is 23.1 Å². The molecule has 0 radical (unpaired) electrons. The van der Waals surface area contributed by atoms with Gasteiger partial charge in [-0.1, -0.05) is 22.9 Å². The van der Waals surface area contributed by atoms with Gasteiger partial charge in [0.25, 0.3) is 10.0 Å². The Labute approximate surface area is 136 Å². The molecule has 6 nitrogen and oxygen atoms in total. The van der Waals surface area contributed by atoms with Crippen LogP contribution in [0, 0.1) is 0 Å². The monoisotopic (exact) mass is 382 g/mol. The Balaban J connectivity index is 2.12. The summed E-state index contributed by atoms with van der Waals surface area (Å²) in [5.41, 5.74) is -0.663. The smallest absolute Gasteiger partial charge is 0.223 e. The van der Waals surface area contributed by atoms with Gasteiger partial charge in [0.1, 0.15) is 0 Å². The summed E-state index contributed by atoms with van der Waals surface area (Å²) >= 11 is 6.63. The molecule has 122 valence electrons. The van der Waals surface area contributed by atoms with Crippen molar-refractivity contribution in [3.05, 3.63) is 35.0 Å². The molecular formula is C11H6ClF3N4O2S2. The number of aromatic nitrogens is 3. The van der Waals surface area contributed by atoms with Crippen LogP contribution in [0.15, 0.2) is 28.7 Å². The van der Waals surface area contributed by atoms with E-state index in [0.29, 0.717) is 11.3 Å². The second-order valence-electron chi connectivity index (χ2n) is 4.46. The third-order valence-electron chi connectivity index (χ3n) is 2.84. The molecule has 0 aliphatic carbocycles. The third-order valence-corrected chi connectivity index (χ3v) is 5.40. The number of hydrogen-bond donors (Lipinski definition) is 1. The highest BCUT2D eigenvalue weighted by molar-refractivity contribution is 7.91. The van der Waals surface area contributed by atoms with Crippen LogP contribution in [0.1, 0.15) is 5.56 Å². The van der Waals surface area contributed by atoms with Crippen molar-refractivity contribution in [1.82, 2.24) is 14.6 Å². The average molecular weight is 383 g/mol. The normalized spacial score (nSPS) is 12.9. The van der Waals surface area contributed by atoms with Crippen molar-refractivity contribution in [3.8, 4) is 11.3 Å². The largest absolute Gasteiger partial charge is 0.416 e. The summed E-state index contributed by atoms with van der Waals surface area (Å²) in [5.74, 6) is 0. The minimum atomic E-state index is -4.52. The molecule has 1 aromatic carbocycles. The molecule has 0 fully saturated rings. The first kappa shape index (κ1) is 16.2. The second-order valence-corrected chi connectivity index (χ2v) is 7.56. The predicted octanol–water partition coefficient (Wildman–Crippen LogP) is 2.78. The molecule has 2 heterocycles. The summed E-state index contributed by atoms with van der Waals surface area (Å²) in [7, 11) is -3.97. The molecular weight excluding hydrogens is 377 g/mol. The van der Waals surface area contributed by atoms with Crippen LogP contribution in [-0.4, -0.2) is 23.0 Å². The number of fused-ring (bicyclic) bond motifs is 1. The summed E-state index contributed by atoms with van der Waals surface area (Å²) in [6.45, 7) is 0. The van der Waals surface area contributed by atoms with E-state index in [2.05, 4.69) is 10.1 Å². The van der Waals surface area contributed by atoms with Crippen molar-refractivity contribution in [2.75, 3.05) is 0 Å². The van der Waals surface area contributed by atoms with Crippen LogP contribution in [0.25, 0.3) is 16.2 Å². The fourth-order valence-electron chi connectivity index (χ4n) is 1.82. The van der Waals surface area contributed by atoms with Gasteiger partial charge in [-0.3, -0.25) is 0 Å². The van der Waals surface area contributed by atoms with E-state index >= 15 is 0 Å². The Kier molecular flexibility index (Phi) is 3.63. The highest BCUT2D eigenvalue weighted by Crippen LogP contribution is 2.36. The van der Waals surface area contributed by atoms with Gasteiger partial charge in [0.2, 0.25) is 9.30 Å². The molecule has 2 N–H and O–H groups in total. The van der Waals surface area contributed by atoms with E-state index in [1.54, 1.807) is 0 Å². The molecule has 0 aliphatic heterocycles. The van der Waals surface area contributed by atoms with E-state index in [1.165, 1.54) is 6.20 Å². The minimum absolute atomic E-state index is 0.0661. The van der Waals surface area contributed by atoms with Gasteiger partial charge in [-0.2, -0.15) is 13.2 Å². The number of imidazole rings is 1. The van der Waals surface area contributed by atoms with Gasteiger partial charge in [-0.15, -0.1) is 5.10 Å². The zero-order valence-electron chi connectivity index (χ0n) is 10.9. The summed E-state index contributed by atoms with van der Waals surface area (Å²) in [6.07, 6.45) is -3.24. The van der Waals surface area contributed by atoms with Crippen LogP contribution in [0.5, 0.6) is 0 Å². The number of rotatable bonds is 2. The lowest BCUT2D eigenvalue weighted by molar-refractivity contribution is -0.137. The first-order chi connectivity index (χ1) is 10.6. The zero-order chi connectivity index (χ0) is 17.0. The van der Waals surface area contributed by atoms with Crippen molar-refractivity contribution in [2.45, 2.75) is 10.5 Å². The van der Waals surface area contributed by atoms with Crippen LogP contribution in [-0.2, 0) is 16.2 Å². The molecule has 0 saturated carbocycles. The molecule has 0 spiro atoms. The number of nitrogens with zero attached hydrogens (tertiary/aromatic N) is 3. The molecule has 0 aliphatic rings. The van der Waals surface area contributed by atoms with Gasteiger partial charge in [-0.05, 0) is 18.2 Å². The van der Waals surface area contributed by atoms with E-state index in [4.69, 9.17) is 16.7 Å². The molecule has 0 unspecified atom stereocenters. The molecule has 0 amide bonds. The third kappa shape index (κ3) is 3.04. The van der Waals surface area contributed by atoms with Gasteiger partial charge in [0.15, 0.2) is 0 Å². The van der Waals surface area contributed by atoms with Gasteiger partial charge in [0.05, 0.1) is 22.5 Å². The molecule has 3 aromatic rings. The fourth-order valence-corrected chi connectivity index (χ4v) is 3.54. The molecule has 0 saturated heterocycles. The van der Waals surface area contributed by atoms with E-state index in [-0.39, 0.29) is 25.6 Å². The number of nitrogens with two attached hydrogens (primary N) is 1. The van der Waals surface area contributed by atoms with Crippen molar-refractivity contribution < 1.29 is 21.6 Å². The average Bonchev–Trinajstić information content (AvgIpc) is 2.95. The van der Waals surface area contributed by atoms with E-state index in [9.17, 15) is 21.6 Å². The maximum absolute atomic E-state index is 12.8. The Morgan fingerprint density at radius 1 is 1.30 bits per heavy atom. The van der Waals surface area contributed by atoms with Crippen molar-refractivity contribution in [3.63, 3.8) is 0 Å². The maximum atomic E-state index is 12.8. The van der Waals surface area contributed by atoms with Crippen LogP contribution in [0.4, 0.5) is 13.2 Å². The first-order valence-corrected chi connectivity index (χ1v) is 8.56. The van der Waals surface area contributed by atoms with E-state index in [0.717, 1.165) is 22.7 Å². The molecule has 0 atom stereocenters. The highest BCUT2D eigenvalue weighted by atomic mass is 35.5. The number of sulfonamides is 1. The molecule has 0 bridgehead atoms. The van der Waals surface area contributed by atoms with Crippen molar-refractivity contribution in [1.29, 1.82) is 0 Å². The quantitative estimate of drug-likeness (QED) is 0.737. The summed E-state index contributed by atoms with van der Waals surface area (Å²) in [6, 6.07) is 2.85. The topological polar surface area (TPSA) is 90.4 Å². The fraction of sp³-hybridized carbons (Fsp3) is 0.0909. The van der Waals surface area contributed by atoms with Crippen molar-refractivity contribution in [2.24, 2.45) is 5.14 Å². The van der Waals surface area contributed by atoms with Gasteiger partial charge in [0, 0.05) is 5.56 Å². The molecule has 12 heteroatoms. The predicted molar refractivity (Wildman–Crippen MR) is 77.7 cm³/mol.